The summed E-state index contributed by atoms with van der Waals surface area (Å²) >= 11 is 0. The predicted molar refractivity (Wildman–Crippen MR) is 383 cm³/mol. The number of nitrogens with one attached hydrogen (secondary N) is 3. The van der Waals surface area contributed by atoms with Crippen LogP contribution >= 0.6 is 0 Å². The second kappa shape index (κ2) is 34.1. The summed E-state index contributed by atoms with van der Waals surface area (Å²) in [5.41, 5.74) is 0.417. The predicted octanol–water partition coefficient (Wildman–Crippen LogP) is 5.38. The molecule has 101 heavy (non-hydrogen) atoms. The number of nitrogens with zero attached hydrogens (tertiary/aromatic N) is 10. The van der Waals surface area contributed by atoms with Gasteiger partial charge in [0.05, 0.1) is 13.0 Å². The van der Waals surface area contributed by atoms with Crippen LogP contribution < -0.4 is 16.0 Å². The molecule has 3 aliphatic carbocycles. The zero-order chi connectivity index (χ0) is 73.3. The van der Waals surface area contributed by atoms with Crippen LogP contribution in [0.1, 0.15) is 194 Å². The Morgan fingerprint density at radius 2 is 1.25 bits per heavy atom. The fourth-order valence-corrected chi connectivity index (χ4v) is 17.1. The van der Waals surface area contributed by atoms with E-state index in [2.05, 4.69) is 16.0 Å². The number of fused-ring (bicyclic) bond motifs is 3. The summed E-state index contributed by atoms with van der Waals surface area (Å²) in [7, 11) is 11.1. The van der Waals surface area contributed by atoms with Gasteiger partial charge in [-0.05, 0) is 144 Å². The normalized spacial score (nSPS) is 28.5. The molecule has 0 radical (unpaired) electrons. The van der Waals surface area contributed by atoms with Crippen LogP contribution in [0, 0.1) is 23.7 Å². The Morgan fingerprint density at radius 3 is 1.89 bits per heavy atom. The first kappa shape index (κ1) is 77.6. The van der Waals surface area contributed by atoms with Gasteiger partial charge in [-0.25, -0.2) is 0 Å². The zero-order valence-corrected chi connectivity index (χ0v) is 62.5. The Hall–Kier alpha value is -7.60. The number of hydrogen-bond acceptors (Lipinski definition) is 12. The average Bonchev–Trinajstić information content (AvgIpc) is 1.55. The molecule has 3 saturated carbocycles. The van der Waals surface area contributed by atoms with Crippen molar-refractivity contribution >= 4 is 81.8 Å². The smallest absolute Gasteiger partial charge is 0.248 e. The summed E-state index contributed by atoms with van der Waals surface area (Å²) in [5.74, 6) is -7.24. The maximum absolute atomic E-state index is 15.8. The lowest BCUT2D eigenvalue weighted by Crippen LogP contribution is -2.65. The quantitative estimate of drug-likeness (QED) is 0.256. The lowest BCUT2D eigenvalue weighted by atomic mass is 9.84. The highest BCUT2D eigenvalue weighted by Crippen LogP contribution is 2.38. The highest BCUT2D eigenvalue weighted by atomic mass is 16.2. The number of hydrogen-bond donors (Lipinski definition) is 3. The van der Waals surface area contributed by atoms with Crippen LogP contribution in [-0.2, 0) is 71.0 Å². The van der Waals surface area contributed by atoms with E-state index in [0.29, 0.717) is 70.9 Å². The van der Waals surface area contributed by atoms with E-state index in [1.54, 1.807) is 25.9 Å². The molecule has 1 aromatic carbocycles. The zero-order valence-electron chi connectivity index (χ0n) is 62.5. The lowest BCUT2D eigenvalue weighted by molar-refractivity contribution is -0.160. The molecular formula is C76H117N13O12. The highest BCUT2D eigenvalue weighted by Gasteiger charge is 2.52. The van der Waals surface area contributed by atoms with Crippen LogP contribution in [-0.4, -0.2) is 254 Å². The fourth-order valence-electron chi connectivity index (χ4n) is 17.1. The third kappa shape index (κ3) is 17.6. The number of rotatable bonds is 11. The van der Waals surface area contributed by atoms with Crippen molar-refractivity contribution in [2.24, 2.45) is 30.7 Å². The first-order valence-electron chi connectivity index (χ1n) is 38.0. The Labute approximate surface area is 598 Å². The number of amides is 12. The number of carbonyl (C=O) groups excluding carboxylic acids is 12. The van der Waals surface area contributed by atoms with E-state index >= 15 is 38.4 Å². The summed E-state index contributed by atoms with van der Waals surface area (Å²) in [6.07, 6.45) is 15.4. The van der Waals surface area contributed by atoms with Gasteiger partial charge in [-0.1, -0.05) is 104 Å². The van der Waals surface area contributed by atoms with Gasteiger partial charge in [0.2, 0.25) is 70.9 Å². The molecule has 4 saturated heterocycles. The number of aryl methyl sites for hydroxylation is 2. The molecule has 2 aromatic rings. The first-order chi connectivity index (χ1) is 48.1. The van der Waals surface area contributed by atoms with Crippen LogP contribution in [0.5, 0.6) is 0 Å². The molecule has 12 amide bonds. The molecule has 25 nitrogen and oxygen atoms in total. The third-order valence-corrected chi connectivity index (χ3v) is 24.0. The van der Waals surface area contributed by atoms with Gasteiger partial charge in [-0.15, -0.1) is 0 Å². The van der Waals surface area contributed by atoms with Gasteiger partial charge in [-0.2, -0.15) is 0 Å². The molecule has 25 heteroatoms. The molecule has 1 spiro atoms. The van der Waals surface area contributed by atoms with Gasteiger partial charge in [0.15, 0.2) is 0 Å². The largest absolute Gasteiger partial charge is 0.351 e. The molecular weight excluding hydrogens is 1290 g/mol. The van der Waals surface area contributed by atoms with Crippen molar-refractivity contribution in [2.45, 2.75) is 255 Å². The fraction of sp³-hybridized carbons (Fsp3) is 0.737. The summed E-state index contributed by atoms with van der Waals surface area (Å²) in [4.78, 5) is 195. The van der Waals surface area contributed by atoms with Gasteiger partial charge in [0, 0.05) is 87.2 Å². The Morgan fingerprint density at radius 1 is 0.594 bits per heavy atom. The highest BCUT2D eigenvalue weighted by molar-refractivity contribution is 6.01. The molecule has 5 heterocycles. The van der Waals surface area contributed by atoms with E-state index in [9.17, 15) is 19.2 Å². The number of piperidine rings is 1. The van der Waals surface area contributed by atoms with Crippen LogP contribution in [0.15, 0.2) is 30.5 Å². The van der Waals surface area contributed by atoms with E-state index in [1.807, 2.05) is 69.8 Å². The van der Waals surface area contributed by atoms with Crippen LogP contribution in [0.25, 0.3) is 10.9 Å². The maximum atomic E-state index is 15.8. The molecule has 9 rings (SSSR count). The van der Waals surface area contributed by atoms with Gasteiger partial charge in [0.25, 0.3) is 0 Å². The van der Waals surface area contributed by atoms with Gasteiger partial charge in [-0.3, -0.25) is 57.5 Å². The molecule has 7 fully saturated rings. The number of likely N-dealkylation sites (tertiary alicyclic amines) is 1. The van der Waals surface area contributed by atoms with E-state index < -0.39 is 150 Å². The average molecular weight is 1400 g/mol. The number of carbonyl (C=O) groups is 12. The van der Waals surface area contributed by atoms with Crippen LogP contribution in [0.3, 0.4) is 0 Å². The van der Waals surface area contributed by atoms with E-state index in [4.69, 9.17) is 0 Å². The molecule has 0 unspecified atom stereocenters. The molecule has 3 N–H and O–H groups in total. The van der Waals surface area contributed by atoms with Crippen molar-refractivity contribution in [1.82, 2.24) is 64.6 Å². The van der Waals surface area contributed by atoms with Crippen molar-refractivity contribution in [3.63, 3.8) is 0 Å². The van der Waals surface area contributed by atoms with Crippen molar-refractivity contribution in [1.29, 1.82) is 0 Å². The Kier molecular flexibility index (Phi) is 26.2. The van der Waals surface area contributed by atoms with Gasteiger partial charge < -0.3 is 64.6 Å². The molecule has 10 atom stereocenters. The summed E-state index contributed by atoms with van der Waals surface area (Å²) in [5, 5.41) is 10.2. The second-order valence-corrected chi connectivity index (χ2v) is 31.3. The maximum Gasteiger partial charge on any atom is 0.248 e. The standard InChI is InChI=1S/C76H117N13O12/c1-13-49(4)64-73(99)82(8)50(5)68(94)89-42-35-57(89)71(97)84(10)60(45-51-25-16-14-17-26-51)70(96)81(7)47-62(90)77-55(33-31-52-30-32-53-34-41-80(6)58(53)44-52)69(95)88-40-24-29-56(88)67(93)79-76(36-20-21-37-76)75(101)86(12)65(54-27-18-19-28-54)74(100)85(11)61(72(98)87-38-22-15-23-39-87)46-63(91)83(9)59(43-48(2)3)66(92)78-64/h30,32,34,41,44,48-51,54-57,59-61,64-65H,13-29,31,33,35-40,42-43,45-47H2,1-12H3,(H,77,90)(H,78,92)(H,79,93)/t49-,50-,55-,56-,57-,59-,60-,61-,64-,65-/m0/s1. The summed E-state index contributed by atoms with van der Waals surface area (Å²) < 4.78 is 2.00. The molecule has 0 bridgehead atoms. The molecule has 558 valence electrons. The third-order valence-electron chi connectivity index (χ3n) is 24.0. The van der Waals surface area contributed by atoms with E-state index in [0.717, 1.165) is 80.7 Å². The number of likely N-dealkylation sites (N-methyl/N-ethyl adjacent to an activating group) is 6. The summed E-state index contributed by atoms with van der Waals surface area (Å²) in [6, 6.07) is -2.05. The minimum absolute atomic E-state index is 0.0951. The van der Waals surface area contributed by atoms with E-state index in [-0.39, 0.29) is 62.9 Å². The lowest BCUT2D eigenvalue weighted by Gasteiger charge is -2.45. The molecule has 4 aliphatic heterocycles. The first-order valence-corrected chi connectivity index (χ1v) is 38.0. The molecule has 7 aliphatic rings. The SMILES string of the molecule is CC[C@H](C)[C@@H]1NC(=O)[C@H](CC(C)C)N(C)C(=O)C[C@@H](C(=O)N2CCCCC2)N(C)C(=O)[C@H](C2CCCC2)N(C)C(=O)C2(CCCC2)NC(=O)[C@@H]2CCCN2C(=O)[C@H](CCc2ccc3ccn(C)c3c2)NC(=O)CN(C)C(=O)[C@H](CC2CCCCC2)N(C)C(=O)[C@@H]2CCN2C(=O)[C@H](C)N(C)C1=O. The van der Waals surface area contributed by atoms with Crippen molar-refractivity contribution in [2.75, 3.05) is 75.0 Å². The van der Waals surface area contributed by atoms with Gasteiger partial charge in [0.1, 0.15) is 59.9 Å². The number of benzene rings is 1. The summed E-state index contributed by atoms with van der Waals surface area (Å²) in [6.45, 7) is 9.80. The molecule has 1 aromatic heterocycles. The minimum Gasteiger partial charge on any atom is -0.351 e. The second-order valence-electron chi connectivity index (χ2n) is 31.3. The minimum atomic E-state index is -1.47. The van der Waals surface area contributed by atoms with E-state index in [1.165, 1.54) is 67.4 Å². The van der Waals surface area contributed by atoms with Crippen molar-refractivity contribution in [3.05, 3.63) is 36.0 Å². The van der Waals surface area contributed by atoms with Gasteiger partial charge >= 0.3 is 0 Å². The topological polar surface area (TPSA) is 275 Å². The number of aromatic nitrogens is 1. The van der Waals surface area contributed by atoms with Crippen LogP contribution in [0.4, 0.5) is 0 Å². The van der Waals surface area contributed by atoms with Crippen LogP contribution in [0.2, 0.25) is 0 Å². The monoisotopic (exact) mass is 1400 g/mol. The van der Waals surface area contributed by atoms with Crippen molar-refractivity contribution < 1.29 is 57.5 Å². The Bertz CT molecular complexity index is 3350. The Balaban J connectivity index is 1.08. The van der Waals surface area contributed by atoms with Crippen molar-refractivity contribution in [3.8, 4) is 0 Å².